The van der Waals surface area contributed by atoms with Crippen LogP contribution in [0.3, 0.4) is 0 Å². The van der Waals surface area contributed by atoms with Gasteiger partial charge in [0.15, 0.2) is 16.7 Å². The lowest BCUT2D eigenvalue weighted by molar-refractivity contribution is -0.384. The van der Waals surface area contributed by atoms with Crippen LogP contribution < -0.4 is 14.8 Å². The summed E-state index contributed by atoms with van der Waals surface area (Å²) in [5.74, 6) is 0.534. The van der Waals surface area contributed by atoms with E-state index in [0.29, 0.717) is 49.5 Å². The molecule has 0 aromatic heterocycles. The van der Waals surface area contributed by atoms with Gasteiger partial charge in [-0.05, 0) is 72.3 Å². The summed E-state index contributed by atoms with van der Waals surface area (Å²) in [7, 11) is 0. The first kappa shape index (κ1) is 25.6. The monoisotopic (exact) mass is 543 g/mol. The summed E-state index contributed by atoms with van der Waals surface area (Å²) in [4.78, 5) is 27.6. The molecule has 0 bridgehead atoms. The van der Waals surface area contributed by atoms with Crippen LogP contribution in [0.25, 0.3) is 6.08 Å². The van der Waals surface area contributed by atoms with E-state index in [-0.39, 0.29) is 18.2 Å². The molecule has 1 fully saturated rings. The Bertz CT molecular complexity index is 1360. The number of non-ortho nitro benzene ring substituents is 1. The molecule has 3 aromatic carbocycles. The van der Waals surface area contributed by atoms with Crippen LogP contribution >= 0.6 is 35.0 Å². The standard InChI is InChI=1S/C25H19Cl2N3O5S/c1-2-34-21-12-16(11-20(27)23(21)35-14-15-3-5-17(26)6-4-15)13-22-24(31)29-25(36-22)28-18-7-9-19(10-8-18)30(32)33/h3-13H,2,14H2,1H3,(H,28,29,31)/b22-13-. The highest BCUT2D eigenvalue weighted by molar-refractivity contribution is 8.18. The normalized spacial score (nSPS) is 15.2. The Hall–Kier alpha value is -3.53. The third-order valence-electron chi connectivity index (χ3n) is 4.87. The first-order chi connectivity index (χ1) is 17.3. The minimum absolute atomic E-state index is 0.0368. The fraction of sp³-hybridized carbons (Fsp3) is 0.120. The van der Waals surface area contributed by atoms with E-state index in [2.05, 4.69) is 10.3 Å². The van der Waals surface area contributed by atoms with Gasteiger partial charge in [-0.1, -0.05) is 35.3 Å². The number of thioether (sulfide) groups is 1. The Labute approximate surface area is 221 Å². The van der Waals surface area contributed by atoms with Gasteiger partial charge in [0.1, 0.15) is 6.61 Å². The Balaban J connectivity index is 1.53. The lowest BCUT2D eigenvalue weighted by Crippen LogP contribution is -2.19. The number of rotatable bonds is 8. The number of carbonyl (C=O) groups is 1. The van der Waals surface area contributed by atoms with Crippen molar-refractivity contribution in [2.45, 2.75) is 13.5 Å². The summed E-state index contributed by atoms with van der Waals surface area (Å²) >= 11 is 13.6. The van der Waals surface area contributed by atoms with E-state index in [1.165, 1.54) is 24.3 Å². The van der Waals surface area contributed by atoms with Crippen LogP contribution in [0.5, 0.6) is 11.5 Å². The van der Waals surface area contributed by atoms with E-state index >= 15 is 0 Å². The number of nitrogens with one attached hydrogen (secondary N) is 1. The molecule has 3 aromatic rings. The lowest BCUT2D eigenvalue weighted by atomic mass is 10.1. The Morgan fingerprint density at radius 3 is 2.47 bits per heavy atom. The van der Waals surface area contributed by atoms with Gasteiger partial charge >= 0.3 is 0 Å². The van der Waals surface area contributed by atoms with Crippen LogP contribution in [0.2, 0.25) is 10.0 Å². The highest BCUT2D eigenvalue weighted by Gasteiger charge is 2.24. The molecular weight excluding hydrogens is 525 g/mol. The summed E-state index contributed by atoms with van der Waals surface area (Å²) in [6.07, 6.45) is 1.68. The minimum Gasteiger partial charge on any atom is -0.490 e. The largest absolute Gasteiger partial charge is 0.490 e. The average molecular weight is 544 g/mol. The van der Waals surface area contributed by atoms with Gasteiger partial charge in [0, 0.05) is 17.2 Å². The van der Waals surface area contributed by atoms with Crippen molar-refractivity contribution in [3.8, 4) is 11.5 Å². The van der Waals surface area contributed by atoms with E-state index in [1.807, 2.05) is 19.1 Å². The van der Waals surface area contributed by atoms with Gasteiger partial charge < -0.3 is 14.8 Å². The van der Waals surface area contributed by atoms with Crippen molar-refractivity contribution in [3.63, 3.8) is 0 Å². The molecule has 0 aliphatic carbocycles. The Kier molecular flexibility index (Phi) is 8.14. The van der Waals surface area contributed by atoms with E-state index in [4.69, 9.17) is 32.7 Å². The van der Waals surface area contributed by atoms with Crippen LogP contribution in [0.15, 0.2) is 70.6 Å². The number of amides is 1. The number of hydrogen-bond donors (Lipinski definition) is 1. The van der Waals surface area contributed by atoms with Crippen molar-refractivity contribution in [1.82, 2.24) is 5.32 Å². The van der Waals surface area contributed by atoms with Gasteiger partial charge in [0.2, 0.25) is 0 Å². The molecule has 0 unspecified atom stereocenters. The molecule has 11 heteroatoms. The second-order valence-electron chi connectivity index (χ2n) is 7.43. The molecule has 0 atom stereocenters. The van der Waals surface area contributed by atoms with E-state index in [9.17, 15) is 14.9 Å². The summed E-state index contributed by atoms with van der Waals surface area (Å²) in [5, 5.41) is 14.8. The quantitative estimate of drug-likeness (QED) is 0.191. The Morgan fingerprint density at radius 2 is 1.81 bits per heavy atom. The SMILES string of the molecule is CCOc1cc(/C=C2\SC(=Nc3ccc([N+](=O)[O-])cc3)NC2=O)cc(Cl)c1OCc1ccc(Cl)cc1. The molecule has 1 amide bonds. The molecule has 1 saturated heterocycles. The number of carbonyl (C=O) groups excluding carboxylic acids is 1. The number of ether oxygens (including phenoxy) is 2. The van der Waals surface area contributed by atoms with E-state index in [1.54, 1.807) is 30.3 Å². The molecule has 0 spiro atoms. The minimum atomic E-state index is -0.487. The van der Waals surface area contributed by atoms with Gasteiger partial charge in [0.25, 0.3) is 11.6 Å². The molecule has 1 aliphatic rings. The number of nitrogens with zero attached hydrogens (tertiary/aromatic N) is 2. The molecule has 1 heterocycles. The van der Waals surface area contributed by atoms with Crippen molar-refractivity contribution in [1.29, 1.82) is 0 Å². The maximum atomic E-state index is 12.5. The second-order valence-corrected chi connectivity index (χ2v) is 9.31. The zero-order chi connectivity index (χ0) is 25.7. The molecule has 1 aliphatic heterocycles. The molecule has 36 heavy (non-hydrogen) atoms. The molecule has 0 saturated carbocycles. The lowest BCUT2D eigenvalue weighted by Gasteiger charge is -2.15. The fourth-order valence-electron chi connectivity index (χ4n) is 3.21. The zero-order valence-corrected chi connectivity index (χ0v) is 21.2. The van der Waals surface area contributed by atoms with Gasteiger partial charge in [-0.3, -0.25) is 14.9 Å². The van der Waals surface area contributed by atoms with Crippen LogP contribution in [-0.4, -0.2) is 22.6 Å². The summed E-state index contributed by atoms with van der Waals surface area (Å²) in [5.41, 5.74) is 2.01. The van der Waals surface area contributed by atoms with E-state index in [0.717, 1.165) is 17.3 Å². The third-order valence-corrected chi connectivity index (χ3v) is 6.31. The maximum Gasteiger partial charge on any atom is 0.269 e. The molecule has 8 nitrogen and oxygen atoms in total. The van der Waals surface area contributed by atoms with Gasteiger partial charge in [0.05, 0.1) is 27.1 Å². The first-order valence-corrected chi connectivity index (χ1v) is 12.3. The number of halogens is 2. The number of hydrogen-bond acceptors (Lipinski definition) is 7. The van der Waals surface area contributed by atoms with Crippen LogP contribution in [0.4, 0.5) is 11.4 Å². The van der Waals surface area contributed by atoms with Gasteiger partial charge in [-0.2, -0.15) is 0 Å². The summed E-state index contributed by atoms with van der Waals surface area (Å²) < 4.78 is 11.7. The van der Waals surface area contributed by atoms with Crippen molar-refractivity contribution in [2.75, 3.05) is 6.61 Å². The topological polar surface area (TPSA) is 103 Å². The predicted molar refractivity (Wildman–Crippen MR) is 142 cm³/mol. The summed E-state index contributed by atoms with van der Waals surface area (Å²) in [6, 6.07) is 16.5. The number of aliphatic imine (C=N–C) groups is 1. The molecule has 1 N–H and O–H groups in total. The van der Waals surface area contributed by atoms with Gasteiger partial charge in [-0.25, -0.2) is 4.99 Å². The van der Waals surface area contributed by atoms with Crippen molar-refractivity contribution < 1.29 is 19.2 Å². The van der Waals surface area contributed by atoms with Crippen molar-refractivity contribution in [2.24, 2.45) is 4.99 Å². The number of amidine groups is 1. The second kappa shape index (κ2) is 11.5. The number of nitro groups is 1. The van der Waals surface area contributed by atoms with Crippen LogP contribution in [0.1, 0.15) is 18.1 Å². The van der Waals surface area contributed by atoms with E-state index < -0.39 is 4.92 Å². The molecular formula is C25H19Cl2N3O5S. The number of benzene rings is 3. The predicted octanol–water partition coefficient (Wildman–Crippen LogP) is 6.77. The zero-order valence-electron chi connectivity index (χ0n) is 18.9. The highest BCUT2D eigenvalue weighted by Crippen LogP contribution is 2.39. The molecule has 4 rings (SSSR count). The molecule has 0 radical (unpaired) electrons. The molecule has 184 valence electrons. The fourth-order valence-corrected chi connectivity index (χ4v) is 4.45. The first-order valence-electron chi connectivity index (χ1n) is 10.7. The highest BCUT2D eigenvalue weighted by atomic mass is 35.5. The third kappa shape index (κ3) is 6.37. The van der Waals surface area contributed by atoms with Crippen LogP contribution in [-0.2, 0) is 11.4 Å². The van der Waals surface area contributed by atoms with Crippen LogP contribution in [0, 0.1) is 10.1 Å². The van der Waals surface area contributed by atoms with Crippen molar-refractivity contribution >= 4 is 63.5 Å². The van der Waals surface area contributed by atoms with Gasteiger partial charge in [-0.15, -0.1) is 0 Å². The average Bonchev–Trinajstić information content (AvgIpc) is 3.18. The van der Waals surface area contributed by atoms with Crippen molar-refractivity contribution in [3.05, 3.63) is 96.9 Å². The summed E-state index contributed by atoms with van der Waals surface area (Å²) in [6.45, 7) is 2.52. The maximum absolute atomic E-state index is 12.5. The Morgan fingerprint density at radius 1 is 1.08 bits per heavy atom. The smallest absolute Gasteiger partial charge is 0.269 e. The number of nitro benzene ring substituents is 1.